The number of piperidine rings is 1. The van der Waals surface area contributed by atoms with Crippen molar-refractivity contribution in [2.45, 2.75) is 62.8 Å². The first kappa shape index (κ1) is 17.5. The van der Waals surface area contributed by atoms with Crippen molar-refractivity contribution in [1.29, 1.82) is 0 Å². The predicted molar refractivity (Wildman–Crippen MR) is 87.8 cm³/mol. The molecule has 0 amide bonds. The molecular weight excluding hydrogens is 317 g/mol. The summed E-state index contributed by atoms with van der Waals surface area (Å²) in [6.45, 7) is 1.64. The molecule has 24 heavy (non-hydrogen) atoms. The molecule has 1 aromatic rings. The van der Waals surface area contributed by atoms with E-state index in [2.05, 4.69) is 15.2 Å². The first-order valence-corrected chi connectivity index (χ1v) is 8.73. The number of hydrogen-bond acceptors (Lipinski definition) is 4. The number of rotatable bonds is 3. The Kier molecular flexibility index (Phi) is 5.30. The minimum Gasteiger partial charge on any atom is -0.369 e. The van der Waals surface area contributed by atoms with Gasteiger partial charge in [0.1, 0.15) is 5.69 Å². The van der Waals surface area contributed by atoms with Gasteiger partial charge in [0, 0.05) is 31.2 Å². The van der Waals surface area contributed by atoms with Gasteiger partial charge in [0.05, 0.1) is 11.9 Å². The summed E-state index contributed by atoms with van der Waals surface area (Å²) in [6.07, 6.45) is 3.63. The first-order chi connectivity index (χ1) is 11.4. The predicted octanol–water partition coefficient (Wildman–Crippen LogP) is 2.93. The largest absolute Gasteiger partial charge is 0.433 e. The Hall–Kier alpha value is -1.34. The molecule has 1 aromatic heterocycles. The summed E-state index contributed by atoms with van der Waals surface area (Å²) in [4.78, 5) is 5.68. The number of alkyl halides is 3. The molecule has 1 aliphatic heterocycles. The highest BCUT2D eigenvalue weighted by molar-refractivity contribution is 5.45. The molecule has 0 spiro atoms. The van der Waals surface area contributed by atoms with Gasteiger partial charge in [-0.3, -0.25) is 0 Å². The molecule has 134 valence electrons. The fourth-order valence-corrected chi connectivity index (χ4v) is 3.76. The Morgan fingerprint density at radius 2 is 1.92 bits per heavy atom. The first-order valence-electron chi connectivity index (χ1n) is 8.73. The van der Waals surface area contributed by atoms with Crippen molar-refractivity contribution < 1.29 is 13.2 Å². The van der Waals surface area contributed by atoms with E-state index in [0.717, 1.165) is 50.5 Å². The molecule has 2 fully saturated rings. The van der Waals surface area contributed by atoms with E-state index in [1.165, 1.54) is 25.1 Å². The van der Waals surface area contributed by atoms with Gasteiger partial charge in [-0.15, -0.1) is 0 Å². The van der Waals surface area contributed by atoms with Crippen molar-refractivity contribution in [3.8, 4) is 0 Å². The summed E-state index contributed by atoms with van der Waals surface area (Å²) in [6, 6.07) is 3.47. The number of aromatic nitrogens is 1. The van der Waals surface area contributed by atoms with E-state index in [4.69, 9.17) is 5.73 Å². The summed E-state index contributed by atoms with van der Waals surface area (Å²) in [5.41, 5.74) is 6.12. The van der Waals surface area contributed by atoms with Crippen LogP contribution in [0.4, 0.5) is 18.9 Å². The average molecular weight is 342 g/mol. The van der Waals surface area contributed by atoms with Crippen LogP contribution >= 0.6 is 0 Å². The number of pyridine rings is 1. The van der Waals surface area contributed by atoms with Crippen LogP contribution in [0.25, 0.3) is 0 Å². The second-order valence-corrected chi connectivity index (χ2v) is 6.91. The highest BCUT2D eigenvalue weighted by Gasteiger charge is 2.32. The number of halogens is 3. The van der Waals surface area contributed by atoms with Gasteiger partial charge < -0.3 is 16.0 Å². The van der Waals surface area contributed by atoms with E-state index in [0.29, 0.717) is 12.1 Å². The Morgan fingerprint density at radius 3 is 2.58 bits per heavy atom. The zero-order valence-electron chi connectivity index (χ0n) is 13.7. The SMILES string of the molecule is N[C@@H]1CCCC[C@H]1N[C@H]1CCCN(c2ccc(C(F)(F)F)nc2)C1. The molecule has 4 nitrogen and oxygen atoms in total. The third kappa shape index (κ3) is 4.19. The molecule has 0 bridgehead atoms. The van der Waals surface area contributed by atoms with E-state index in [9.17, 15) is 13.2 Å². The lowest BCUT2D eigenvalue weighted by molar-refractivity contribution is -0.141. The van der Waals surface area contributed by atoms with Crippen LogP contribution < -0.4 is 16.0 Å². The van der Waals surface area contributed by atoms with Crippen molar-refractivity contribution in [3.05, 3.63) is 24.0 Å². The number of nitrogens with zero attached hydrogens (tertiary/aromatic N) is 2. The number of nitrogens with two attached hydrogens (primary N) is 1. The topological polar surface area (TPSA) is 54.2 Å². The van der Waals surface area contributed by atoms with Gasteiger partial charge in [0.15, 0.2) is 0 Å². The standard InChI is InChI=1S/C17H25F3N4/c18-17(19,20)16-8-7-13(10-22-16)24-9-3-4-12(11-24)23-15-6-2-1-5-14(15)21/h7-8,10,12,14-15,23H,1-6,9,11,21H2/t12-,14+,15+/m0/s1. The fourth-order valence-electron chi connectivity index (χ4n) is 3.76. The average Bonchev–Trinajstić information content (AvgIpc) is 2.57. The highest BCUT2D eigenvalue weighted by atomic mass is 19.4. The molecule has 1 aliphatic carbocycles. The summed E-state index contributed by atoms with van der Waals surface area (Å²) >= 11 is 0. The third-order valence-corrected chi connectivity index (χ3v) is 5.09. The fraction of sp³-hybridized carbons (Fsp3) is 0.706. The number of anilines is 1. The van der Waals surface area contributed by atoms with E-state index in [1.54, 1.807) is 0 Å². The molecule has 3 rings (SSSR count). The van der Waals surface area contributed by atoms with Crippen LogP contribution in [0.15, 0.2) is 18.3 Å². The van der Waals surface area contributed by atoms with Crippen molar-refractivity contribution in [2.24, 2.45) is 5.73 Å². The molecule has 3 N–H and O–H groups in total. The van der Waals surface area contributed by atoms with E-state index >= 15 is 0 Å². The minimum absolute atomic E-state index is 0.210. The number of nitrogens with one attached hydrogen (secondary N) is 1. The third-order valence-electron chi connectivity index (χ3n) is 5.09. The Morgan fingerprint density at radius 1 is 1.12 bits per heavy atom. The normalized spacial score (nSPS) is 28.8. The monoisotopic (exact) mass is 342 g/mol. The van der Waals surface area contributed by atoms with E-state index in [-0.39, 0.29) is 6.04 Å². The molecule has 0 aromatic carbocycles. The molecular formula is C17H25F3N4. The second kappa shape index (κ2) is 7.27. The lowest BCUT2D eigenvalue weighted by Crippen LogP contribution is -2.55. The molecule has 7 heteroatoms. The highest BCUT2D eigenvalue weighted by Crippen LogP contribution is 2.29. The lowest BCUT2D eigenvalue weighted by Gasteiger charge is -2.39. The maximum Gasteiger partial charge on any atom is 0.433 e. The Balaban J connectivity index is 1.60. The van der Waals surface area contributed by atoms with E-state index < -0.39 is 11.9 Å². The summed E-state index contributed by atoms with van der Waals surface area (Å²) in [7, 11) is 0. The van der Waals surface area contributed by atoms with Crippen LogP contribution in [0, 0.1) is 0 Å². The molecule has 1 saturated carbocycles. The lowest BCUT2D eigenvalue weighted by atomic mass is 9.90. The quantitative estimate of drug-likeness (QED) is 0.887. The zero-order valence-corrected chi connectivity index (χ0v) is 13.7. The van der Waals surface area contributed by atoms with Gasteiger partial charge in [0.25, 0.3) is 0 Å². The molecule has 1 saturated heterocycles. The van der Waals surface area contributed by atoms with Crippen molar-refractivity contribution >= 4 is 5.69 Å². The van der Waals surface area contributed by atoms with Gasteiger partial charge in [-0.1, -0.05) is 12.8 Å². The van der Waals surface area contributed by atoms with Crippen LogP contribution in [0.1, 0.15) is 44.2 Å². The van der Waals surface area contributed by atoms with Crippen LogP contribution in [-0.4, -0.2) is 36.2 Å². The maximum absolute atomic E-state index is 12.6. The van der Waals surface area contributed by atoms with Crippen LogP contribution in [-0.2, 0) is 6.18 Å². The van der Waals surface area contributed by atoms with Crippen LogP contribution in [0.5, 0.6) is 0 Å². The number of hydrogen-bond donors (Lipinski definition) is 2. The van der Waals surface area contributed by atoms with Crippen molar-refractivity contribution in [2.75, 3.05) is 18.0 Å². The second-order valence-electron chi connectivity index (χ2n) is 6.91. The molecule has 3 atom stereocenters. The maximum atomic E-state index is 12.6. The van der Waals surface area contributed by atoms with Gasteiger partial charge in [0.2, 0.25) is 0 Å². The Labute approximate surface area is 140 Å². The van der Waals surface area contributed by atoms with Crippen LogP contribution in [0.2, 0.25) is 0 Å². The van der Waals surface area contributed by atoms with Gasteiger partial charge in [-0.25, -0.2) is 4.98 Å². The van der Waals surface area contributed by atoms with Gasteiger partial charge in [-0.2, -0.15) is 13.2 Å². The zero-order chi connectivity index (χ0) is 17.2. The van der Waals surface area contributed by atoms with E-state index in [1.807, 2.05) is 0 Å². The van der Waals surface area contributed by atoms with Crippen LogP contribution in [0.3, 0.4) is 0 Å². The molecule has 0 unspecified atom stereocenters. The minimum atomic E-state index is -4.39. The molecule has 2 aliphatic rings. The summed E-state index contributed by atoms with van der Waals surface area (Å²) < 4.78 is 37.9. The summed E-state index contributed by atoms with van der Waals surface area (Å²) in [5, 5.41) is 3.68. The molecule has 0 radical (unpaired) electrons. The molecule has 2 heterocycles. The van der Waals surface area contributed by atoms with Gasteiger partial charge in [-0.05, 0) is 37.8 Å². The smallest absolute Gasteiger partial charge is 0.369 e. The summed E-state index contributed by atoms with van der Waals surface area (Å²) in [5.74, 6) is 0. The van der Waals surface area contributed by atoms with Gasteiger partial charge >= 0.3 is 6.18 Å². The van der Waals surface area contributed by atoms with Crippen molar-refractivity contribution in [3.63, 3.8) is 0 Å². The Bertz CT molecular complexity index is 532. The van der Waals surface area contributed by atoms with Crippen molar-refractivity contribution in [1.82, 2.24) is 10.3 Å².